The van der Waals surface area contributed by atoms with Crippen molar-refractivity contribution in [2.75, 3.05) is 57.7 Å². The van der Waals surface area contributed by atoms with E-state index in [-0.39, 0.29) is 29.5 Å². The lowest BCUT2D eigenvalue weighted by Gasteiger charge is -2.27. The van der Waals surface area contributed by atoms with Gasteiger partial charge in [0, 0.05) is 52.0 Å². The molecule has 3 aliphatic rings. The summed E-state index contributed by atoms with van der Waals surface area (Å²) < 4.78 is 42.8. The number of hydrogen-bond acceptors (Lipinski definition) is 6. The molecule has 2 aliphatic heterocycles. The number of piperazine rings is 1. The number of amides is 2. The number of anilines is 1. The van der Waals surface area contributed by atoms with Gasteiger partial charge in [-0.25, -0.2) is 9.59 Å². The van der Waals surface area contributed by atoms with Crippen LogP contribution in [0.4, 0.5) is 23.8 Å². The lowest BCUT2D eigenvalue weighted by atomic mass is 10.0. The normalized spacial score (nSPS) is 24.0. The number of alkyl halides is 3. The number of carbonyl (C=O) groups excluding carboxylic acids is 1. The van der Waals surface area contributed by atoms with Crippen molar-refractivity contribution in [3.05, 3.63) is 52.1 Å². The van der Waals surface area contributed by atoms with E-state index in [9.17, 15) is 22.8 Å². The minimum atomic E-state index is -4.56. The Labute approximate surface area is 206 Å². The molecule has 5 rings (SSSR count). The maximum atomic E-state index is 13.9. The second-order valence-electron chi connectivity index (χ2n) is 9.71. The van der Waals surface area contributed by atoms with E-state index >= 15 is 0 Å². The number of halogens is 3. The molecule has 3 atom stereocenters. The number of likely N-dealkylation sites (tertiary alicyclic amines) is 1. The summed E-state index contributed by atoms with van der Waals surface area (Å²) in [5, 5.41) is 5.71. The monoisotopic (exact) mass is 505 g/mol. The third-order valence-corrected chi connectivity index (χ3v) is 7.54. The first kappa shape index (κ1) is 24.7. The minimum absolute atomic E-state index is 0.0491. The van der Waals surface area contributed by atoms with Crippen LogP contribution in [0, 0.1) is 17.8 Å². The molecule has 12 heteroatoms. The molecule has 1 aromatic heterocycles. The van der Waals surface area contributed by atoms with Gasteiger partial charge in [-0.3, -0.25) is 9.88 Å². The van der Waals surface area contributed by atoms with Crippen LogP contribution in [0.1, 0.15) is 11.1 Å². The van der Waals surface area contributed by atoms with Crippen molar-refractivity contribution in [1.82, 2.24) is 24.7 Å². The highest BCUT2D eigenvalue weighted by Crippen LogP contribution is 2.50. The van der Waals surface area contributed by atoms with Gasteiger partial charge in [0.15, 0.2) is 0 Å². The van der Waals surface area contributed by atoms with E-state index in [2.05, 4.69) is 20.5 Å². The summed E-state index contributed by atoms with van der Waals surface area (Å²) in [7, 11) is 0. The number of nitrogens with two attached hydrogens (primary N) is 1. The first-order valence-electron chi connectivity index (χ1n) is 12.2. The van der Waals surface area contributed by atoms with Gasteiger partial charge in [-0.1, -0.05) is 6.07 Å². The second kappa shape index (κ2) is 9.83. The number of piperidine rings is 1. The molecule has 1 unspecified atom stereocenters. The smallest absolute Gasteiger partial charge is 0.330 e. The average molecular weight is 506 g/mol. The number of nitrogens with one attached hydrogen (secondary N) is 2. The lowest BCUT2D eigenvalue weighted by Crippen LogP contribution is -2.48. The van der Waals surface area contributed by atoms with Gasteiger partial charge in [0.1, 0.15) is 5.82 Å². The number of rotatable bonds is 6. The zero-order chi connectivity index (χ0) is 25.4. The van der Waals surface area contributed by atoms with Gasteiger partial charge < -0.3 is 20.9 Å². The summed E-state index contributed by atoms with van der Waals surface area (Å²) in [4.78, 5) is 32.6. The van der Waals surface area contributed by atoms with Gasteiger partial charge in [-0.15, -0.1) is 0 Å². The summed E-state index contributed by atoms with van der Waals surface area (Å²) in [6.07, 6.45) is -2.97. The predicted molar refractivity (Wildman–Crippen MR) is 128 cm³/mol. The zero-order valence-corrected chi connectivity index (χ0v) is 19.8. The van der Waals surface area contributed by atoms with Crippen molar-refractivity contribution in [1.29, 1.82) is 0 Å². The molecule has 0 spiro atoms. The molecule has 2 amide bonds. The quantitative estimate of drug-likeness (QED) is 0.547. The molecule has 2 aromatic rings. The Morgan fingerprint density at radius 1 is 1.17 bits per heavy atom. The molecule has 1 saturated carbocycles. The highest BCUT2D eigenvalue weighted by atomic mass is 19.4. The van der Waals surface area contributed by atoms with Crippen LogP contribution in [0.15, 0.2) is 35.3 Å². The van der Waals surface area contributed by atoms with Crippen molar-refractivity contribution in [2.24, 2.45) is 23.5 Å². The van der Waals surface area contributed by atoms with Gasteiger partial charge in [0.05, 0.1) is 11.3 Å². The molecule has 0 radical (unpaired) electrons. The van der Waals surface area contributed by atoms with Gasteiger partial charge in [0.25, 0.3) is 0 Å². The molecule has 9 nitrogen and oxygen atoms in total. The molecule has 36 heavy (non-hydrogen) atoms. The summed E-state index contributed by atoms with van der Waals surface area (Å²) in [5.41, 5.74) is 4.47. The van der Waals surface area contributed by atoms with Crippen LogP contribution in [0.2, 0.25) is 0 Å². The fourth-order valence-electron chi connectivity index (χ4n) is 5.47. The summed E-state index contributed by atoms with van der Waals surface area (Å²) in [6.45, 7) is 5.43. The van der Waals surface area contributed by atoms with Crippen LogP contribution in [-0.2, 0) is 12.6 Å². The van der Waals surface area contributed by atoms with Crippen molar-refractivity contribution in [3.63, 3.8) is 0 Å². The van der Waals surface area contributed by atoms with Crippen LogP contribution in [0.5, 0.6) is 0 Å². The van der Waals surface area contributed by atoms with Crippen LogP contribution in [-0.4, -0.2) is 77.7 Å². The Hall–Kier alpha value is -2.96. The SMILES string of the molecule is NCC1[C@H]2CN(CCc3ccc(-n4ccc(NC(=O)N5CCNCC5)nc4=O)cc3C(F)(F)F)C[C@@H]12. The fraction of sp³-hybridized carbons (Fsp3) is 0.542. The predicted octanol–water partition coefficient (Wildman–Crippen LogP) is 1.37. The first-order valence-corrected chi connectivity index (χ1v) is 12.2. The maximum Gasteiger partial charge on any atom is 0.416 e. The molecule has 1 aliphatic carbocycles. The van der Waals surface area contributed by atoms with Gasteiger partial charge in [0.2, 0.25) is 0 Å². The number of benzene rings is 1. The summed E-state index contributed by atoms with van der Waals surface area (Å²) in [6, 6.07) is 4.95. The Kier molecular flexibility index (Phi) is 6.75. The summed E-state index contributed by atoms with van der Waals surface area (Å²) >= 11 is 0. The van der Waals surface area contributed by atoms with Crippen molar-refractivity contribution in [2.45, 2.75) is 12.6 Å². The Bertz CT molecular complexity index is 1170. The van der Waals surface area contributed by atoms with Gasteiger partial charge in [-0.2, -0.15) is 18.2 Å². The van der Waals surface area contributed by atoms with E-state index in [0.717, 1.165) is 23.7 Å². The lowest BCUT2D eigenvalue weighted by molar-refractivity contribution is -0.138. The number of hydrogen-bond donors (Lipinski definition) is 3. The van der Waals surface area contributed by atoms with Crippen molar-refractivity contribution < 1.29 is 18.0 Å². The molecular weight excluding hydrogens is 475 g/mol. The number of urea groups is 1. The van der Waals surface area contributed by atoms with E-state index in [1.807, 2.05) is 0 Å². The number of nitrogens with zero attached hydrogens (tertiary/aromatic N) is 4. The highest BCUT2D eigenvalue weighted by Gasteiger charge is 2.54. The second-order valence-corrected chi connectivity index (χ2v) is 9.71. The molecule has 3 fully saturated rings. The van der Waals surface area contributed by atoms with E-state index in [1.54, 1.807) is 4.90 Å². The van der Waals surface area contributed by atoms with Gasteiger partial charge in [-0.05, 0) is 54.5 Å². The molecule has 2 saturated heterocycles. The molecular formula is C24H30F3N7O2. The highest BCUT2D eigenvalue weighted by molar-refractivity contribution is 5.88. The topological polar surface area (TPSA) is 109 Å². The summed E-state index contributed by atoms with van der Waals surface area (Å²) in [5.74, 6) is 1.79. The van der Waals surface area contributed by atoms with Crippen molar-refractivity contribution in [3.8, 4) is 5.69 Å². The van der Waals surface area contributed by atoms with Crippen LogP contribution >= 0.6 is 0 Å². The first-order chi connectivity index (χ1) is 17.2. The largest absolute Gasteiger partial charge is 0.416 e. The minimum Gasteiger partial charge on any atom is -0.330 e. The van der Waals surface area contributed by atoms with Crippen LogP contribution in [0.25, 0.3) is 5.69 Å². The van der Waals surface area contributed by atoms with Crippen molar-refractivity contribution >= 4 is 11.8 Å². The number of fused-ring (bicyclic) bond motifs is 1. The standard InChI is InChI=1S/C24H30F3N7O2/c25-24(26,27)20-11-16(2-1-15(20)3-7-32-13-18-17(12-28)19(18)14-32)34-8-4-21(31-23(34)36)30-22(35)33-9-5-29-6-10-33/h1-2,4,8,11,17-19,29H,3,5-7,9-10,12-14,28H2,(H,30,31,35,36)/t17?,18-,19+. The Morgan fingerprint density at radius 2 is 1.89 bits per heavy atom. The third-order valence-electron chi connectivity index (χ3n) is 7.54. The maximum absolute atomic E-state index is 13.9. The Morgan fingerprint density at radius 3 is 2.53 bits per heavy atom. The number of aromatic nitrogens is 2. The number of carbonyl (C=O) groups is 1. The zero-order valence-electron chi connectivity index (χ0n) is 19.8. The van der Waals surface area contributed by atoms with E-state index < -0.39 is 17.4 Å². The van der Waals surface area contributed by atoms with Crippen LogP contribution < -0.4 is 22.1 Å². The molecule has 3 heterocycles. The van der Waals surface area contributed by atoms with Gasteiger partial charge >= 0.3 is 17.9 Å². The Balaban J connectivity index is 1.28. The third kappa shape index (κ3) is 5.11. The van der Waals surface area contributed by atoms with E-state index in [0.29, 0.717) is 57.0 Å². The molecule has 194 valence electrons. The molecule has 0 bridgehead atoms. The van der Waals surface area contributed by atoms with Crippen LogP contribution in [0.3, 0.4) is 0 Å². The van der Waals surface area contributed by atoms with E-state index in [1.165, 1.54) is 24.4 Å². The van der Waals surface area contributed by atoms with E-state index in [4.69, 9.17) is 5.73 Å². The molecule has 4 N–H and O–H groups in total. The molecule has 1 aromatic carbocycles. The average Bonchev–Trinajstić information content (AvgIpc) is 3.34. The fourth-order valence-corrected chi connectivity index (χ4v) is 5.47.